The van der Waals surface area contributed by atoms with Gasteiger partial charge in [0.25, 0.3) is 5.92 Å². The van der Waals surface area contributed by atoms with Crippen LogP contribution in [0.1, 0.15) is 51.5 Å². The summed E-state index contributed by atoms with van der Waals surface area (Å²) in [6, 6.07) is 11.7. The number of halogens is 4. The molecule has 224 valence electrons. The lowest BCUT2D eigenvalue weighted by Gasteiger charge is -2.73. The molecule has 6 aliphatic rings. The van der Waals surface area contributed by atoms with Gasteiger partial charge in [0.15, 0.2) is 6.04 Å². The van der Waals surface area contributed by atoms with Crippen molar-refractivity contribution >= 4 is 33.4 Å². The summed E-state index contributed by atoms with van der Waals surface area (Å²) in [4.78, 5) is 19.9. The van der Waals surface area contributed by atoms with Gasteiger partial charge in [-0.15, -0.1) is 0 Å². The number of sulfonamides is 1. The summed E-state index contributed by atoms with van der Waals surface area (Å²) in [6.45, 7) is 3.85. The molecule has 42 heavy (non-hydrogen) atoms. The van der Waals surface area contributed by atoms with Crippen LogP contribution < -0.4 is 5.32 Å². The summed E-state index contributed by atoms with van der Waals surface area (Å²) < 4.78 is 71.8. The number of hydrogen-bond acceptors (Lipinski definition) is 5. The quantitative estimate of drug-likeness (QED) is 0.473. The molecule has 2 aromatic rings. The Kier molecular flexibility index (Phi) is 5.85. The SMILES string of the molecule is CC1(C)NC(C23CC(N(Cc4ccc(Cl)c(F)c4)S(=O)(=O)c4ccccc4)(C2)C3)=N[C@H]1C(=O)N1CC2(CCC2(F)F)C1. The highest BCUT2D eigenvalue weighted by Gasteiger charge is 2.75. The van der Waals surface area contributed by atoms with Gasteiger partial charge >= 0.3 is 0 Å². The third-order valence-corrected chi connectivity index (χ3v) is 12.6. The van der Waals surface area contributed by atoms with Gasteiger partial charge in [-0.2, -0.15) is 4.31 Å². The number of aliphatic imine (C=N–C) groups is 1. The lowest BCUT2D eigenvalue weighted by Crippen LogP contribution is -2.78. The van der Waals surface area contributed by atoms with Crippen molar-refractivity contribution in [2.75, 3.05) is 13.1 Å². The Morgan fingerprint density at radius 1 is 1.10 bits per heavy atom. The first kappa shape index (κ1) is 28.2. The molecule has 1 spiro atoms. The number of benzene rings is 2. The summed E-state index contributed by atoms with van der Waals surface area (Å²) in [5, 5.41) is 3.39. The number of carbonyl (C=O) groups excluding carboxylic acids is 1. The lowest BCUT2D eigenvalue weighted by molar-refractivity contribution is -0.255. The maximum absolute atomic E-state index is 14.3. The van der Waals surface area contributed by atoms with E-state index in [4.69, 9.17) is 16.6 Å². The molecule has 0 unspecified atom stereocenters. The number of hydrogen-bond donors (Lipinski definition) is 1. The van der Waals surface area contributed by atoms with Crippen LogP contribution in [0.5, 0.6) is 0 Å². The van der Waals surface area contributed by atoms with Crippen molar-refractivity contribution in [2.45, 2.75) is 80.4 Å². The summed E-state index contributed by atoms with van der Waals surface area (Å²) in [6.07, 6.45) is 1.82. The molecule has 5 fully saturated rings. The third kappa shape index (κ3) is 3.85. The van der Waals surface area contributed by atoms with Gasteiger partial charge < -0.3 is 10.2 Å². The van der Waals surface area contributed by atoms with E-state index >= 15 is 0 Å². The van der Waals surface area contributed by atoms with E-state index in [2.05, 4.69) is 5.32 Å². The topological polar surface area (TPSA) is 82.1 Å². The van der Waals surface area contributed by atoms with Crippen LogP contribution in [0.15, 0.2) is 58.4 Å². The normalized spacial score (nSPS) is 31.4. The highest BCUT2D eigenvalue weighted by Crippen LogP contribution is 2.71. The number of rotatable bonds is 7. The molecule has 12 heteroatoms. The van der Waals surface area contributed by atoms with Crippen molar-refractivity contribution in [3.8, 4) is 0 Å². The van der Waals surface area contributed by atoms with Crippen molar-refractivity contribution in [1.29, 1.82) is 0 Å². The molecule has 8 rings (SSSR count). The molecular weight excluding hydrogens is 589 g/mol. The van der Waals surface area contributed by atoms with Crippen LogP contribution in [0.4, 0.5) is 13.2 Å². The maximum Gasteiger partial charge on any atom is 0.257 e. The smallest absolute Gasteiger partial charge is 0.257 e. The fraction of sp³-hybridized carbons (Fsp3) is 0.533. The van der Waals surface area contributed by atoms with Crippen LogP contribution in [0.25, 0.3) is 0 Å². The second-order valence-electron chi connectivity index (χ2n) is 13.5. The number of likely N-dealkylation sites (tertiary alicyclic amines) is 1. The summed E-state index contributed by atoms with van der Waals surface area (Å²) in [5.74, 6) is -2.91. The van der Waals surface area contributed by atoms with Crippen molar-refractivity contribution < 1.29 is 26.4 Å². The van der Waals surface area contributed by atoms with Crippen LogP contribution >= 0.6 is 11.6 Å². The number of alkyl halides is 2. The Hall–Kier alpha value is -2.63. The largest absolute Gasteiger partial charge is 0.366 e. The summed E-state index contributed by atoms with van der Waals surface area (Å²) in [7, 11) is -3.93. The predicted molar refractivity (Wildman–Crippen MR) is 151 cm³/mol. The molecular formula is C30H32ClF3N4O3S. The van der Waals surface area contributed by atoms with Crippen molar-refractivity contribution in [1.82, 2.24) is 14.5 Å². The first-order chi connectivity index (χ1) is 19.6. The Morgan fingerprint density at radius 2 is 1.76 bits per heavy atom. The molecule has 2 aliphatic heterocycles. The molecule has 1 saturated heterocycles. The summed E-state index contributed by atoms with van der Waals surface area (Å²) in [5.41, 5.74) is -2.38. The minimum Gasteiger partial charge on any atom is -0.366 e. The van der Waals surface area contributed by atoms with E-state index in [0.717, 1.165) is 0 Å². The highest BCUT2D eigenvalue weighted by molar-refractivity contribution is 7.89. The molecule has 1 N–H and O–H groups in total. The number of nitrogens with zero attached hydrogens (tertiary/aromatic N) is 3. The van der Waals surface area contributed by atoms with Crippen LogP contribution in [0.2, 0.25) is 5.02 Å². The molecule has 2 heterocycles. The van der Waals surface area contributed by atoms with Crippen LogP contribution in [-0.2, 0) is 21.4 Å². The Labute approximate surface area is 248 Å². The Balaban J connectivity index is 1.12. The molecule has 2 bridgehead atoms. The second-order valence-corrected chi connectivity index (χ2v) is 15.8. The zero-order chi connectivity index (χ0) is 29.9. The van der Waals surface area contributed by atoms with Crippen LogP contribution in [0, 0.1) is 16.6 Å². The molecule has 7 nitrogen and oxygen atoms in total. The van der Waals surface area contributed by atoms with Crippen LogP contribution in [0.3, 0.4) is 0 Å². The Morgan fingerprint density at radius 3 is 2.33 bits per heavy atom. The number of carbonyl (C=O) groups is 1. The van der Waals surface area contributed by atoms with Crippen molar-refractivity contribution in [3.63, 3.8) is 0 Å². The van der Waals surface area contributed by atoms with Gasteiger partial charge in [-0.1, -0.05) is 35.9 Å². The van der Waals surface area contributed by atoms with Crippen LogP contribution in [-0.4, -0.2) is 65.5 Å². The first-order valence-electron chi connectivity index (χ1n) is 14.2. The maximum atomic E-state index is 14.3. The number of nitrogens with one attached hydrogen (secondary N) is 1. The molecule has 2 aromatic carbocycles. The lowest BCUT2D eigenvalue weighted by atomic mass is 9.38. The second kappa shape index (κ2) is 8.72. The van der Waals surface area contributed by atoms with E-state index in [1.165, 1.54) is 21.3 Å². The predicted octanol–water partition coefficient (Wildman–Crippen LogP) is 5.00. The van der Waals surface area contributed by atoms with Gasteiger partial charge in [-0.25, -0.2) is 21.6 Å². The fourth-order valence-electron chi connectivity index (χ4n) is 7.68. The van der Waals surface area contributed by atoms with Gasteiger partial charge in [0.1, 0.15) is 11.7 Å². The van der Waals surface area contributed by atoms with E-state index in [1.807, 2.05) is 13.8 Å². The molecule has 0 radical (unpaired) electrons. The van der Waals surface area contributed by atoms with E-state index < -0.39 is 49.7 Å². The van der Waals surface area contributed by atoms with Gasteiger partial charge in [-0.05, 0) is 69.4 Å². The average Bonchev–Trinajstić information content (AvgIpc) is 3.17. The zero-order valence-corrected chi connectivity index (χ0v) is 24.9. The average molecular weight is 621 g/mol. The Bertz CT molecular complexity index is 1610. The fourth-order valence-corrected chi connectivity index (χ4v) is 9.58. The van der Waals surface area contributed by atoms with E-state index in [9.17, 15) is 26.4 Å². The minimum atomic E-state index is -3.93. The molecule has 4 aliphatic carbocycles. The van der Waals surface area contributed by atoms with Crippen molar-refractivity contribution in [2.24, 2.45) is 15.8 Å². The monoisotopic (exact) mass is 620 g/mol. The van der Waals surface area contributed by atoms with Gasteiger partial charge in [-0.3, -0.25) is 9.79 Å². The molecule has 4 saturated carbocycles. The minimum absolute atomic E-state index is 0.0186. The number of amidine groups is 1. The van der Waals surface area contributed by atoms with E-state index in [0.29, 0.717) is 37.1 Å². The van der Waals surface area contributed by atoms with Crippen molar-refractivity contribution in [3.05, 3.63) is 64.9 Å². The van der Waals surface area contributed by atoms with Gasteiger partial charge in [0, 0.05) is 37.0 Å². The number of amides is 1. The third-order valence-electron chi connectivity index (χ3n) is 10.3. The molecule has 1 amide bonds. The first-order valence-corrected chi connectivity index (χ1v) is 16.0. The standard InChI is InChI=1S/C30H32ClF3N4O3S/c1-26(2)23(24(39)37-17-28(18-37)10-11-30(28,33)34)35-25(36-26)27-14-29(15-27,16-27)38(13-19-8-9-21(31)22(32)12-19)42(40,41)20-6-4-3-5-7-20/h3-9,12,23H,10-11,13-18H2,1-2H3,(H,35,36)/t23-,27?,29?/m0/s1. The molecule has 1 atom stereocenters. The highest BCUT2D eigenvalue weighted by atomic mass is 35.5. The summed E-state index contributed by atoms with van der Waals surface area (Å²) >= 11 is 5.87. The van der Waals surface area contributed by atoms with Gasteiger partial charge in [0.05, 0.1) is 20.9 Å². The van der Waals surface area contributed by atoms with Gasteiger partial charge in [0.2, 0.25) is 15.9 Å². The van der Waals surface area contributed by atoms with E-state index in [-0.39, 0.29) is 41.9 Å². The zero-order valence-electron chi connectivity index (χ0n) is 23.3. The van der Waals surface area contributed by atoms with E-state index in [1.54, 1.807) is 36.4 Å². The molecule has 0 aromatic heterocycles.